The van der Waals surface area contributed by atoms with Gasteiger partial charge in [-0.25, -0.2) is 0 Å². The fourth-order valence-electron chi connectivity index (χ4n) is 9.28. The molecule has 1 aromatic rings. The Balaban J connectivity index is 2.68. The van der Waals surface area contributed by atoms with Crippen molar-refractivity contribution in [2.45, 2.75) is 204 Å². The number of hydrogen-bond acceptors (Lipinski definition) is 18. The van der Waals surface area contributed by atoms with Crippen LogP contribution in [0, 0.1) is 11.8 Å². The van der Waals surface area contributed by atoms with Gasteiger partial charge in [0.15, 0.2) is 0 Å². The minimum Gasteiger partial charge on any atom is -0.391 e. The van der Waals surface area contributed by atoms with E-state index in [1.807, 2.05) is 0 Å². The highest BCUT2D eigenvalue weighted by Crippen LogP contribution is 2.14. The molecule has 1 aliphatic heterocycles. The van der Waals surface area contributed by atoms with E-state index in [2.05, 4.69) is 72.3 Å². The first-order valence-corrected chi connectivity index (χ1v) is 30.0. The molecule has 0 aromatic heterocycles. The zero-order valence-electron chi connectivity index (χ0n) is 50.9. The van der Waals surface area contributed by atoms with Crippen molar-refractivity contribution in [3.8, 4) is 0 Å². The van der Waals surface area contributed by atoms with Crippen molar-refractivity contribution >= 4 is 65.0 Å². The molecule has 23 N–H and O–H groups in total. The Kier molecular flexibility index (Phi) is 35.4. The van der Waals surface area contributed by atoms with Crippen LogP contribution in [0.5, 0.6) is 0 Å². The van der Waals surface area contributed by atoms with Crippen molar-refractivity contribution in [3.63, 3.8) is 0 Å². The van der Waals surface area contributed by atoms with Crippen LogP contribution in [0.4, 0.5) is 0 Å². The number of aliphatic hydroxyl groups is 2. The van der Waals surface area contributed by atoms with Crippen LogP contribution >= 0.6 is 0 Å². The van der Waals surface area contributed by atoms with E-state index >= 15 is 0 Å². The fourth-order valence-corrected chi connectivity index (χ4v) is 9.28. The topological polar surface area (TPSA) is 491 Å². The van der Waals surface area contributed by atoms with E-state index in [-0.39, 0.29) is 90.0 Å². The van der Waals surface area contributed by atoms with Crippen molar-refractivity contribution in [1.82, 2.24) is 58.5 Å². The highest BCUT2D eigenvalue weighted by Gasteiger charge is 2.37. The molecule has 1 saturated heterocycles. The van der Waals surface area contributed by atoms with Gasteiger partial charge in [-0.15, -0.1) is 0 Å². The number of carbonyl (C=O) groups excluding carboxylic acids is 11. The third-order valence-electron chi connectivity index (χ3n) is 14.5. The molecule has 0 aliphatic carbocycles. The largest absolute Gasteiger partial charge is 0.391 e. The summed E-state index contributed by atoms with van der Waals surface area (Å²) in [6, 6.07) is -6.16. The molecule has 0 bridgehead atoms. The summed E-state index contributed by atoms with van der Waals surface area (Å²) in [5, 5.41) is 49.9. The Morgan fingerprint density at radius 2 is 1.08 bits per heavy atom. The number of carbonyl (C=O) groups is 11. The lowest BCUT2D eigenvalue weighted by molar-refractivity contribution is -0.137. The monoisotopic (exact) mass is 1220 g/mol. The van der Waals surface area contributed by atoms with Gasteiger partial charge in [0.05, 0.1) is 12.2 Å². The molecule has 1 aromatic carbocycles. The van der Waals surface area contributed by atoms with E-state index < -0.39 is 151 Å². The Morgan fingerprint density at radius 1 is 0.558 bits per heavy atom. The molecular weight excluding hydrogens is 1120 g/mol. The van der Waals surface area contributed by atoms with Crippen LogP contribution < -0.4 is 87.2 Å². The lowest BCUT2D eigenvalue weighted by Gasteiger charge is -2.29. The molecule has 1 fully saturated rings. The summed E-state index contributed by atoms with van der Waals surface area (Å²) in [6.45, 7) is 9.24. The third kappa shape index (κ3) is 27.2. The number of hydrogen-bond donors (Lipinski definition) is 18. The average Bonchev–Trinajstić information content (AvgIpc) is 3.68. The number of amides is 11. The van der Waals surface area contributed by atoms with Crippen molar-refractivity contribution in [1.29, 1.82) is 0 Å². The van der Waals surface area contributed by atoms with Crippen LogP contribution in [0.1, 0.15) is 131 Å². The molecule has 29 nitrogen and oxygen atoms in total. The molecule has 0 radical (unpaired) electrons. The minimum atomic E-state index is -1.69. The van der Waals surface area contributed by atoms with Crippen LogP contribution in [0.25, 0.3) is 0 Å². The minimum absolute atomic E-state index is 0.0456. The van der Waals surface area contributed by atoms with Gasteiger partial charge in [0.1, 0.15) is 60.4 Å². The van der Waals surface area contributed by atoms with Crippen molar-refractivity contribution in [2.75, 3.05) is 39.3 Å². The van der Waals surface area contributed by atoms with Gasteiger partial charge in [0, 0.05) is 19.4 Å². The summed E-state index contributed by atoms with van der Waals surface area (Å²) in [5.74, 6) is -9.37. The summed E-state index contributed by atoms with van der Waals surface area (Å²) in [5.41, 5.74) is 29.9. The molecule has 0 spiro atoms. The van der Waals surface area contributed by atoms with Gasteiger partial charge in [-0.05, 0) is 122 Å². The Morgan fingerprint density at radius 3 is 1.60 bits per heavy atom. The quantitative estimate of drug-likeness (QED) is 0.0321. The van der Waals surface area contributed by atoms with Gasteiger partial charge in [0.2, 0.25) is 65.0 Å². The van der Waals surface area contributed by atoms with E-state index in [9.17, 15) is 63.0 Å². The summed E-state index contributed by atoms with van der Waals surface area (Å²) in [6.07, 6.45) is -0.560. The number of nitrogens with two attached hydrogens (primary N) is 5. The van der Waals surface area contributed by atoms with E-state index in [0.717, 1.165) is 19.3 Å². The second-order valence-electron chi connectivity index (χ2n) is 22.4. The predicted molar refractivity (Wildman–Crippen MR) is 321 cm³/mol. The number of unbranched alkanes of at least 4 members (excludes halogenated alkanes) is 1. The number of benzene rings is 1. The standard InChI is InChI=1S/C57H100N16O13/c1-7-33(4)14-11-12-18-45(76)64-37(17-13-24-58)52(81)73-47(35(6)75)57(86)69-40(21-27-61)49(78)68-42-23-29-63-56(85)46(34(5)74)72-53(82)41(22-28-62)66-48(77)38(19-25-59)67-54(83)43(30-32(2)3)70-55(84)44(31-36-15-9-8-10-16-36)71-50(79)39(20-26-60)65-51(42)80/h8-10,15-16,32-35,37-44,46-47,74-75H,7,11-14,17-31,58-62H2,1-6H3,(H,63,85)(H,64,76)(H,65,80)(H,66,77)(H,67,83)(H,68,78)(H,69,86)(H,70,84)(H,71,79)(H,72,82)(H,73,81)/t33-,34+,35+,37-,38-,39-,40-,41-,42-,43-,44+,46-,47-/m0/s1. The summed E-state index contributed by atoms with van der Waals surface area (Å²) >= 11 is 0. The molecule has 11 amide bonds. The van der Waals surface area contributed by atoms with E-state index in [4.69, 9.17) is 28.7 Å². The molecule has 13 atom stereocenters. The van der Waals surface area contributed by atoms with Crippen LogP contribution in [0.2, 0.25) is 0 Å². The maximum absolute atomic E-state index is 14.6. The Bertz CT molecular complexity index is 2330. The summed E-state index contributed by atoms with van der Waals surface area (Å²) in [4.78, 5) is 154. The van der Waals surface area contributed by atoms with E-state index in [1.54, 1.807) is 44.2 Å². The molecule has 0 saturated carbocycles. The van der Waals surface area contributed by atoms with Crippen LogP contribution in [0.15, 0.2) is 30.3 Å². The Hall–Kier alpha value is -6.89. The van der Waals surface area contributed by atoms with Crippen molar-refractivity contribution in [2.24, 2.45) is 40.5 Å². The molecule has 86 heavy (non-hydrogen) atoms. The Labute approximate surface area is 504 Å². The molecular formula is C57H100N16O13. The SMILES string of the molecule is CC[C@H](C)CCCCC(=O)N[C@@H](CCCN)C(=O)N[C@H](C(=O)N[C@@H](CCN)C(=O)N[C@H]1CCNC(=O)[C@H]([C@@H](C)O)NC(=O)[C@H](CCN)NC(=O)[C@H](CCN)NC(=O)[C@H](CC(C)C)NC(=O)[C@@H](Cc2ccccc2)NC(=O)[C@H](CCN)NC1=O)[C@@H](C)O. The van der Waals surface area contributed by atoms with Gasteiger partial charge >= 0.3 is 0 Å². The zero-order chi connectivity index (χ0) is 64.5. The first-order valence-electron chi connectivity index (χ1n) is 30.0. The lowest BCUT2D eigenvalue weighted by Crippen LogP contribution is -2.62. The molecule has 0 unspecified atom stereocenters. The number of rotatable bonds is 30. The van der Waals surface area contributed by atoms with Gasteiger partial charge in [-0.3, -0.25) is 52.7 Å². The van der Waals surface area contributed by atoms with Crippen molar-refractivity contribution in [3.05, 3.63) is 35.9 Å². The van der Waals surface area contributed by atoms with Gasteiger partial charge in [-0.2, -0.15) is 0 Å². The summed E-state index contributed by atoms with van der Waals surface area (Å²) in [7, 11) is 0. The molecule has 486 valence electrons. The van der Waals surface area contributed by atoms with Gasteiger partial charge < -0.3 is 97.4 Å². The second-order valence-corrected chi connectivity index (χ2v) is 22.4. The average molecular weight is 1220 g/mol. The highest BCUT2D eigenvalue weighted by molar-refractivity contribution is 5.99. The number of aliphatic hydroxyl groups excluding tert-OH is 2. The normalized spacial score (nSPS) is 22.8. The molecule has 1 aliphatic rings. The van der Waals surface area contributed by atoms with E-state index in [1.165, 1.54) is 13.8 Å². The molecule has 1 heterocycles. The second kappa shape index (κ2) is 40.5. The third-order valence-corrected chi connectivity index (χ3v) is 14.5. The summed E-state index contributed by atoms with van der Waals surface area (Å²) < 4.78 is 0. The number of nitrogens with one attached hydrogen (secondary N) is 11. The van der Waals surface area contributed by atoms with Crippen LogP contribution in [-0.2, 0) is 59.2 Å². The van der Waals surface area contributed by atoms with Crippen molar-refractivity contribution < 1.29 is 63.0 Å². The lowest BCUT2D eigenvalue weighted by atomic mass is 10.00. The van der Waals surface area contributed by atoms with Crippen LogP contribution in [-0.4, -0.2) is 187 Å². The highest BCUT2D eigenvalue weighted by atomic mass is 16.3. The van der Waals surface area contributed by atoms with E-state index in [0.29, 0.717) is 24.3 Å². The first-order chi connectivity index (χ1) is 40.8. The van der Waals surface area contributed by atoms with Crippen LogP contribution in [0.3, 0.4) is 0 Å². The maximum Gasteiger partial charge on any atom is 0.245 e. The predicted octanol–water partition coefficient (Wildman–Crippen LogP) is -4.85. The van der Waals surface area contributed by atoms with Gasteiger partial charge in [0.25, 0.3) is 0 Å². The first kappa shape index (κ1) is 75.2. The maximum atomic E-state index is 14.6. The molecule has 2 rings (SSSR count). The van der Waals surface area contributed by atoms with Gasteiger partial charge in [-0.1, -0.05) is 77.3 Å². The smallest absolute Gasteiger partial charge is 0.245 e. The molecule has 29 heteroatoms. The zero-order valence-corrected chi connectivity index (χ0v) is 50.9. The fraction of sp³-hybridized carbons (Fsp3) is 0.702.